The molecular formula is C8H12N2O2. The molecule has 1 unspecified atom stereocenters. The van der Waals surface area contributed by atoms with Gasteiger partial charge in [0, 0.05) is 12.4 Å². The van der Waals surface area contributed by atoms with Gasteiger partial charge in [-0.3, -0.25) is 0 Å². The standard InChI is InChI=1S/C8H12N2O2/c1-3-12-8(11)7(2)10-5-4-9-6-10/h4-7H,3H2,1-2H3. The van der Waals surface area contributed by atoms with Gasteiger partial charge in [-0.25, -0.2) is 9.78 Å². The van der Waals surface area contributed by atoms with Crippen molar-refractivity contribution in [2.45, 2.75) is 19.9 Å². The largest absolute Gasteiger partial charge is 0.464 e. The molecule has 0 aliphatic rings. The van der Waals surface area contributed by atoms with Crippen LogP contribution in [0.15, 0.2) is 18.7 Å². The van der Waals surface area contributed by atoms with Crippen molar-refractivity contribution in [1.82, 2.24) is 9.55 Å². The normalized spacial score (nSPS) is 12.5. The van der Waals surface area contributed by atoms with Crippen molar-refractivity contribution in [3.63, 3.8) is 0 Å². The summed E-state index contributed by atoms with van der Waals surface area (Å²) in [7, 11) is 0. The summed E-state index contributed by atoms with van der Waals surface area (Å²) in [5, 5.41) is 0. The lowest BCUT2D eigenvalue weighted by atomic mass is 10.3. The van der Waals surface area contributed by atoms with Crippen molar-refractivity contribution in [1.29, 1.82) is 0 Å². The molecule has 0 fully saturated rings. The third-order valence-electron chi connectivity index (χ3n) is 1.60. The molecule has 1 heterocycles. The van der Waals surface area contributed by atoms with E-state index in [-0.39, 0.29) is 12.0 Å². The molecule has 1 atom stereocenters. The highest BCUT2D eigenvalue weighted by Crippen LogP contribution is 2.05. The van der Waals surface area contributed by atoms with Gasteiger partial charge >= 0.3 is 5.97 Å². The van der Waals surface area contributed by atoms with Gasteiger partial charge in [0.2, 0.25) is 0 Å². The minimum atomic E-state index is -0.285. The van der Waals surface area contributed by atoms with E-state index in [1.807, 2.05) is 0 Å². The molecule has 4 heteroatoms. The Morgan fingerprint density at radius 3 is 3.00 bits per heavy atom. The van der Waals surface area contributed by atoms with E-state index in [2.05, 4.69) is 4.98 Å². The highest BCUT2D eigenvalue weighted by atomic mass is 16.5. The fourth-order valence-electron chi connectivity index (χ4n) is 0.883. The second kappa shape index (κ2) is 3.90. The summed E-state index contributed by atoms with van der Waals surface area (Å²) >= 11 is 0. The maximum Gasteiger partial charge on any atom is 0.328 e. The molecule has 0 bridgehead atoms. The second-order valence-corrected chi connectivity index (χ2v) is 2.44. The molecule has 0 saturated carbocycles. The number of carbonyl (C=O) groups excluding carboxylic acids is 1. The first-order chi connectivity index (χ1) is 5.75. The molecular weight excluding hydrogens is 156 g/mol. The number of esters is 1. The molecule has 1 rings (SSSR count). The van der Waals surface area contributed by atoms with Crippen LogP contribution in [-0.4, -0.2) is 22.1 Å². The molecule has 0 radical (unpaired) electrons. The Morgan fingerprint density at radius 1 is 1.75 bits per heavy atom. The van der Waals surface area contributed by atoms with E-state index in [0.29, 0.717) is 6.61 Å². The molecule has 4 nitrogen and oxygen atoms in total. The van der Waals surface area contributed by atoms with Gasteiger partial charge in [-0.15, -0.1) is 0 Å². The van der Waals surface area contributed by atoms with Crippen molar-refractivity contribution in [2.75, 3.05) is 6.61 Å². The van der Waals surface area contributed by atoms with Gasteiger partial charge in [-0.1, -0.05) is 0 Å². The number of hydrogen-bond donors (Lipinski definition) is 0. The first kappa shape index (κ1) is 8.77. The summed E-state index contributed by atoms with van der Waals surface area (Å²) in [5.74, 6) is -0.226. The van der Waals surface area contributed by atoms with Crippen LogP contribution in [0.1, 0.15) is 19.9 Å². The van der Waals surface area contributed by atoms with Crippen molar-refractivity contribution < 1.29 is 9.53 Å². The van der Waals surface area contributed by atoms with Crippen molar-refractivity contribution in [3.8, 4) is 0 Å². The summed E-state index contributed by atoms with van der Waals surface area (Å²) in [6.45, 7) is 3.98. The zero-order valence-electron chi connectivity index (χ0n) is 7.23. The lowest BCUT2D eigenvalue weighted by molar-refractivity contribution is -0.146. The van der Waals surface area contributed by atoms with Crippen LogP contribution >= 0.6 is 0 Å². The predicted octanol–water partition coefficient (Wildman–Crippen LogP) is 1.01. The van der Waals surface area contributed by atoms with Crippen LogP contribution in [0.25, 0.3) is 0 Å². The molecule has 1 aromatic heterocycles. The lowest BCUT2D eigenvalue weighted by Gasteiger charge is -2.10. The zero-order valence-corrected chi connectivity index (χ0v) is 7.23. The number of aromatic nitrogens is 2. The fraction of sp³-hybridized carbons (Fsp3) is 0.500. The van der Waals surface area contributed by atoms with E-state index < -0.39 is 0 Å². The van der Waals surface area contributed by atoms with Crippen molar-refractivity contribution in [2.24, 2.45) is 0 Å². The van der Waals surface area contributed by atoms with Gasteiger partial charge in [0.1, 0.15) is 6.04 Å². The maximum absolute atomic E-state index is 11.2. The maximum atomic E-state index is 11.2. The molecule has 0 aliphatic heterocycles. The van der Waals surface area contributed by atoms with Gasteiger partial charge in [-0.2, -0.15) is 0 Å². The monoisotopic (exact) mass is 168 g/mol. The number of hydrogen-bond acceptors (Lipinski definition) is 3. The summed E-state index contributed by atoms with van der Waals surface area (Å²) in [5.41, 5.74) is 0. The highest BCUT2D eigenvalue weighted by Gasteiger charge is 2.14. The SMILES string of the molecule is CCOC(=O)C(C)n1ccnc1. The molecule has 12 heavy (non-hydrogen) atoms. The van der Waals surface area contributed by atoms with Gasteiger partial charge in [0.05, 0.1) is 12.9 Å². The van der Waals surface area contributed by atoms with E-state index in [1.54, 1.807) is 37.1 Å². The Hall–Kier alpha value is -1.32. The number of rotatable bonds is 3. The summed E-state index contributed by atoms with van der Waals surface area (Å²) in [4.78, 5) is 15.0. The third kappa shape index (κ3) is 1.84. The minimum Gasteiger partial charge on any atom is -0.464 e. The van der Waals surface area contributed by atoms with Crippen LogP contribution < -0.4 is 0 Å². The van der Waals surface area contributed by atoms with Crippen LogP contribution in [0.2, 0.25) is 0 Å². The lowest BCUT2D eigenvalue weighted by Crippen LogP contribution is -2.17. The number of carbonyl (C=O) groups is 1. The average Bonchev–Trinajstić information content (AvgIpc) is 2.55. The van der Waals surface area contributed by atoms with Crippen LogP contribution in [0, 0.1) is 0 Å². The summed E-state index contributed by atoms with van der Waals surface area (Å²) in [6, 6.07) is -0.285. The minimum absolute atomic E-state index is 0.226. The summed E-state index contributed by atoms with van der Waals surface area (Å²) in [6.07, 6.45) is 4.97. The fourth-order valence-corrected chi connectivity index (χ4v) is 0.883. The third-order valence-corrected chi connectivity index (χ3v) is 1.60. The average molecular weight is 168 g/mol. The van der Waals surface area contributed by atoms with Crippen LogP contribution in [0.3, 0.4) is 0 Å². The second-order valence-electron chi connectivity index (χ2n) is 2.44. The van der Waals surface area contributed by atoms with Gasteiger partial charge in [0.15, 0.2) is 0 Å². The first-order valence-corrected chi connectivity index (χ1v) is 3.89. The van der Waals surface area contributed by atoms with E-state index in [9.17, 15) is 4.79 Å². The molecule has 66 valence electrons. The molecule has 0 spiro atoms. The van der Waals surface area contributed by atoms with Crippen LogP contribution in [-0.2, 0) is 9.53 Å². The summed E-state index contributed by atoms with van der Waals surface area (Å²) < 4.78 is 6.55. The Labute approximate surface area is 71.2 Å². The van der Waals surface area contributed by atoms with Crippen LogP contribution in [0.5, 0.6) is 0 Å². The van der Waals surface area contributed by atoms with Crippen molar-refractivity contribution >= 4 is 5.97 Å². The molecule has 0 saturated heterocycles. The molecule has 0 amide bonds. The zero-order chi connectivity index (χ0) is 8.97. The van der Waals surface area contributed by atoms with E-state index in [1.165, 1.54) is 0 Å². The van der Waals surface area contributed by atoms with E-state index in [4.69, 9.17) is 4.74 Å². The van der Waals surface area contributed by atoms with Gasteiger partial charge in [-0.05, 0) is 13.8 Å². The smallest absolute Gasteiger partial charge is 0.328 e. The predicted molar refractivity (Wildman–Crippen MR) is 43.6 cm³/mol. The Balaban J connectivity index is 2.59. The highest BCUT2D eigenvalue weighted by molar-refractivity contribution is 5.73. The topological polar surface area (TPSA) is 44.1 Å². The quantitative estimate of drug-likeness (QED) is 0.632. The molecule has 0 aromatic carbocycles. The number of ether oxygens (including phenoxy) is 1. The first-order valence-electron chi connectivity index (χ1n) is 3.89. The van der Waals surface area contributed by atoms with Crippen molar-refractivity contribution in [3.05, 3.63) is 18.7 Å². The Morgan fingerprint density at radius 2 is 2.50 bits per heavy atom. The Kier molecular flexibility index (Phi) is 2.85. The molecule has 0 aliphatic carbocycles. The molecule has 0 N–H and O–H groups in total. The Bertz CT molecular complexity index is 244. The van der Waals surface area contributed by atoms with Crippen LogP contribution in [0.4, 0.5) is 0 Å². The molecule has 1 aromatic rings. The van der Waals surface area contributed by atoms with E-state index in [0.717, 1.165) is 0 Å². The van der Waals surface area contributed by atoms with E-state index >= 15 is 0 Å². The number of nitrogens with zero attached hydrogens (tertiary/aromatic N) is 2. The van der Waals surface area contributed by atoms with Gasteiger partial charge in [0.25, 0.3) is 0 Å². The van der Waals surface area contributed by atoms with Gasteiger partial charge < -0.3 is 9.30 Å². The number of imidazole rings is 1.